The fourth-order valence-corrected chi connectivity index (χ4v) is 4.86. The van der Waals surface area contributed by atoms with Crippen LogP contribution in [0.2, 0.25) is 10.0 Å². The van der Waals surface area contributed by atoms with E-state index in [0.29, 0.717) is 52.6 Å². The maximum Gasteiger partial charge on any atom is 0.271 e. The van der Waals surface area contributed by atoms with Gasteiger partial charge < -0.3 is 15.0 Å². The van der Waals surface area contributed by atoms with Crippen molar-refractivity contribution in [2.75, 3.05) is 36.5 Å². The molecule has 0 aliphatic carbocycles. The third-order valence-corrected chi connectivity index (χ3v) is 6.48. The lowest BCUT2D eigenvalue weighted by atomic mass is 10.2. The largest absolute Gasteiger partial charge is 0.378 e. The summed E-state index contributed by atoms with van der Waals surface area (Å²) in [5.74, 6) is -0.379. The van der Waals surface area contributed by atoms with Crippen molar-refractivity contribution in [1.29, 1.82) is 0 Å². The summed E-state index contributed by atoms with van der Waals surface area (Å²) < 4.78 is 6.17. The number of carbonyl (C=O) groups excluding carboxylic acids is 1. The minimum absolute atomic E-state index is 0.0426. The van der Waals surface area contributed by atoms with E-state index in [1.807, 2.05) is 4.90 Å². The van der Waals surface area contributed by atoms with Crippen LogP contribution in [0.25, 0.3) is 10.1 Å². The molecule has 1 aliphatic heterocycles. The van der Waals surface area contributed by atoms with Crippen molar-refractivity contribution < 1.29 is 14.5 Å². The number of benzene rings is 2. The molecule has 1 saturated heterocycles. The fraction of sp³-hybridized carbons (Fsp3) is 0.211. The zero-order valence-corrected chi connectivity index (χ0v) is 17.3. The van der Waals surface area contributed by atoms with E-state index >= 15 is 0 Å². The number of nitro groups is 1. The highest BCUT2D eigenvalue weighted by atomic mass is 35.5. The van der Waals surface area contributed by atoms with Crippen LogP contribution in [-0.2, 0) is 4.74 Å². The van der Waals surface area contributed by atoms with Gasteiger partial charge in [-0.15, -0.1) is 11.3 Å². The molecule has 0 saturated carbocycles. The number of halogens is 2. The van der Waals surface area contributed by atoms with Crippen LogP contribution in [0.1, 0.15) is 9.67 Å². The third-order valence-electron chi connectivity index (χ3n) is 4.59. The average Bonchev–Trinajstić information content (AvgIpc) is 3.04. The summed E-state index contributed by atoms with van der Waals surface area (Å²) in [6, 6.07) is 9.63. The van der Waals surface area contributed by atoms with Gasteiger partial charge in [0.25, 0.3) is 11.6 Å². The number of thiophene rings is 1. The summed E-state index contributed by atoms with van der Waals surface area (Å²) in [5, 5.41) is 15.7. The molecule has 0 atom stereocenters. The molecule has 1 fully saturated rings. The van der Waals surface area contributed by atoms with Crippen molar-refractivity contribution in [3.8, 4) is 0 Å². The first-order valence-electron chi connectivity index (χ1n) is 8.74. The molecule has 0 spiro atoms. The monoisotopic (exact) mass is 451 g/mol. The highest BCUT2D eigenvalue weighted by Gasteiger charge is 2.22. The molecule has 0 radical (unpaired) electrons. The van der Waals surface area contributed by atoms with Gasteiger partial charge in [0, 0.05) is 40.3 Å². The maximum absolute atomic E-state index is 12.9. The molecule has 1 amide bonds. The Morgan fingerprint density at radius 2 is 1.93 bits per heavy atom. The van der Waals surface area contributed by atoms with Crippen molar-refractivity contribution in [2.45, 2.75) is 0 Å². The molecule has 0 unspecified atom stereocenters. The van der Waals surface area contributed by atoms with Gasteiger partial charge in [0.15, 0.2) is 0 Å². The zero-order valence-electron chi connectivity index (χ0n) is 15.0. The summed E-state index contributed by atoms with van der Waals surface area (Å²) in [6.07, 6.45) is 0. The quantitative estimate of drug-likeness (QED) is 0.434. The number of non-ortho nitro benzene ring substituents is 1. The summed E-state index contributed by atoms with van der Waals surface area (Å²) >= 11 is 13.7. The van der Waals surface area contributed by atoms with E-state index < -0.39 is 4.92 Å². The first-order chi connectivity index (χ1) is 13.9. The second kappa shape index (κ2) is 8.16. The molecule has 1 aliphatic rings. The molecule has 2 aromatic carbocycles. The van der Waals surface area contributed by atoms with Gasteiger partial charge in [-0.3, -0.25) is 14.9 Å². The van der Waals surface area contributed by atoms with Crippen molar-refractivity contribution in [2.24, 2.45) is 0 Å². The molecule has 10 heteroatoms. The second-order valence-corrected chi connectivity index (χ2v) is 8.26. The lowest BCUT2D eigenvalue weighted by Gasteiger charge is -2.30. The number of anilines is 2. The predicted molar refractivity (Wildman–Crippen MR) is 116 cm³/mol. The zero-order chi connectivity index (χ0) is 20.5. The molecule has 150 valence electrons. The van der Waals surface area contributed by atoms with Crippen molar-refractivity contribution >= 4 is 67.6 Å². The minimum atomic E-state index is -0.456. The number of amides is 1. The molecule has 1 N–H and O–H groups in total. The van der Waals surface area contributed by atoms with Crippen molar-refractivity contribution in [3.05, 3.63) is 61.4 Å². The van der Waals surface area contributed by atoms with Crippen LogP contribution in [0.5, 0.6) is 0 Å². The second-order valence-electron chi connectivity index (χ2n) is 6.40. The van der Waals surface area contributed by atoms with Crippen LogP contribution in [0.3, 0.4) is 0 Å². The number of carbonyl (C=O) groups is 1. The average molecular weight is 452 g/mol. The third kappa shape index (κ3) is 4.02. The highest BCUT2D eigenvalue weighted by molar-refractivity contribution is 7.21. The number of rotatable bonds is 4. The van der Waals surface area contributed by atoms with Gasteiger partial charge in [0.2, 0.25) is 0 Å². The number of hydrogen-bond donors (Lipinski definition) is 1. The van der Waals surface area contributed by atoms with E-state index in [1.165, 1.54) is 23.5 Å². The molecular formula is C19H15Cl2N3O4S. The number of nitro benzene ring substituents is 1. The van der Waals surface area contributed by atoms with E-state index in [0.717, 1.165) is 10.1 Å². The molecule has 4 rings (SSSR count). The molecule has 1 aromatic heterocycles. The maximum atomic E-state index is 12.9. The Hall–Kier alpha value is -2.39. The Kier molecular flexibility index (Phi) is 5.60. The number of morpholine rings is 1. The Labute approximate surface area is 179 Å². The summed E-state index contributed by atoms with van der Waals surface area (Å²) in [6.45, 7) is 2.18. The van der Waals surface area contributed by atoms with Crippen LogP contribution in [0.4, 0.5) is 17.1 Å². The number of nitrogens with zero attached hydrogens (tertiary/aromatic N) is 2. The van der Waals surface area contributed by atoms with E-state index in [1.54, 1.807) is 24.3 Å². The minimum Gasteiger partial charge on any atom is -0.378 e. The summed E-state index contributed by atoms with van der Waals surface area (Å²) in [7, 11) is 0. The summed E-state index contributed by atoms with van der Waals surface area (Å²) in [4.78, 5) is 26.0. The molecular weight excluding hydrogens is 437 g/mol. The Morgan fingerprint density at radius 1 is 1.17 bits per heavy atom. The SMILES string of the molecule is O=C(Nc1ccc([N+](=O)[O-])cc1N1CCOCC1)c1sc2cc(Cl)ccc2c1Cl. The standard InChI is InChI=1S/C19H15Cl2N3O4S/c20-11-1-3-13-16(9-11)29-18(17(13)21)19(25)22-14-4-2-12(24(26)27)10-15(14)23-5-7-28-8-6-23/h1-4,9-10H,5-8H2,(H,22,25). The van der Waals surface area contributed by atoms with Crippen LogP contribution in [0, 0.1) is 10.1 Å². The van der Waals surface area contributed by atoms with Gasteiger partial charge in [-0.25, -0.2) is 0 Å². The molecule has 7 nitrogen and oxygen atoms in total. The predicted octanol–water partition coefficient (Wildman–Crippen LogP) is 5.21. The van der Waals surface area contributed by atoms with Crippen molar-refractivity contribution in [3.63, 3.8) is 0 Å². The Balaban J connectivity index is 1.69. The number of hydrogen-bond acceptors (Lipinski definition) is 6. The normalized spacial score (nSPS) is 14.2. The smallest absolute Gasteiger partial charge is 0.271 e. The fourth-order valence-electron chi connectivity index (χ4n) is 3.17. The van der Waals surface area contributed by atoms with Crippen LogP contribution in [-0.4, -0.2) is 37.1 Å². The van der Waals surface area contributed by atoms with E-state index in [-0.39, 0.29) is 11.6 Å². The number of nitrogens with one attached hydrogen (secondary N) is 1. The molecule has 29 heavy (non-hydrogen) atoms. The lowest BCUT2D eigenvalue weighted by Crippen LogP contribution is -2.36. The van der Waals surface area contributed by atoms with Crippen LogP contribution in [0.15, 0.2) is 36.4 Å². The van der Waals surface area contributed by atoms with Crippen LogP contribution >= 0.6 is 34.5 Å². The van der Waals surface area contributed by atoms with Crippen LogP contribution < -0.4 is 10.2 Å². The van der Waals surface area contributed by atoms with Crippen molar-refractivity contribution in [1.82, 2.24) is 0 Å². The lowest BCUT2D eigenvalue weighted by molar-refractivity contribution is -0.384. The van der Waals surface area contributed by atoms with E-state index in [4.69, 9.17) is 27.9 Å². The van der Waals surface area contributed by atoms with Gasteiger partial charge in [0.1, 0.15) is 4.88 Å². The van der Waals surface area contributed by atoms with E-state index in [2.05, 4.69) is 5.32 Å². The molecule has 0 bridgehead atoms. The van der Waals surface area contributed by atoms with Gasteiger partial charge in [-0.2, -0.15) is 0 Å². The Morgan fingerprint density at radius 3 is 2.66 bits per heavy atom. The number of fused-ring (bicyclic) bond motifs is 1. The highest BCUT2D eigenvalue weighted by Crippen LogP contribution is 2.38. The molecule has 3 aromatic rings. The first-order valence-corrected chi connectivity index (χ1v) is 10.3. The topological polar surface area (TPSA) is 84.7 Å². The number of ether oxygens (including phenoxy) is 1. The van der Waals surface area contributed by atoms with Gasteiger partial charge >= 0.3 is 0 Å². The van der Waals surface area contributed by atoms with Gasteiger partial charge in [-0.1, -0.05) is 29.3 Å². The first kappa shape index (κ1) is 19.9. The van der Waals surface area contributed by atoms with Gasteiger partial charge in [-0.05, 0) is 18.2 Å². The van der Waals surface area contributed by atoms with Gasteiger partial charge in [0.05, 0.1) is 34.5 Å². The summed E-state index contributed by atoms with van der Waals surface area (Å²) in [5.41, 5.74) is 1.02. The Bertz CT molecular complexity index is 1110. The molecule has 2 heterocycles. The van der Waals surface area contributed by atoms with E-state index in [9.17, 15) is 14.9 Å².